The van der Waals surface area contributed by atoms with Crippen LogP contribution in [0.1, 0.15) is 5.56 Å². The highest BCUT2D eigenvalue weighted by atomic mass is 32.1. The van der Waals surface area contributed by atoms with Crippen LogP contribution in [0.3, 0.4) is 0 Å². The van der Waals surface area contributed by atoms with E-state index < -0.39 is 0 Å². The number of thiazole rings is 1. The normalized spacial score (nSPS) is 10.4. The zero-order valence-electron chi connectivity index (χ0n) is 7.62. The molecule has 2 N–H and O–H groups in total. The molecule has 1 heterocycles. The molecule has 0 saturated heterocycles. The topological polar surface area (TPSA) is 38.9 Å². The minimum Gasteiger partial charge on any atom is -0.375 e. The van der Waals surface area contributed by atoms with Gasteiger partial charge in [-0.3, -0.25) is 0 Å². The summed E-state index contributed by atoms with van der Waals surface area (Å²) >= 11 is 1.39. The second-order valence-electron chi connectivity index (χ2n) is 3.03. The van der Waals surface area contributed by atoms with Gasteiger partial charge in [0.05, 0.1) is 5.69 Å². The van der Waals surface area contributed by atoms with Crippen LogP contribution in [0.15, 0.2) is 23.6 Å². The first-order chi connectivity index (χ1) is 6.66. The molecule has 1 aromatic carbocycles. The number of anilines is 1. The monoisotopic (exact) mass is 208 g/mol. The molecular formula is C10H9FN2S. The van der Waals surface area contributed by atoms with Gasteiger partial charge in [0.1, 0.15) is 5.82 Å². The van der Waals surface area contributed by atoms with Crippen molar-refractivity contribution in [3.05, 3.63) is 35.0 Å². The molecule has 72 valence electrons. The summed E-state index contributed by atoms with van der Waals surface area (Å²) in [6.07, 6.45) is 0. The number of halogens is 1. The summed E-state index contributed by atoms with van der Waals surface area (Å²) in [4.78, 5) is 4.15. The summed E-state index contributed by atoms with van der Waals surface area (Å²) in [5.41, 5.74) is 8.14. The van der Waals surface area contributed by atoms with Crippen LogP contribution in [0.25, 0.3) is 11.3 Å². The van der Waals surface area contributed by atoms with E-state index in [0.717, 1.165) is 16.8 Å². The average molecular weight is 208 g/mol. The third-order valence-corrected chi connectivity index (χ3v) is 2.66. The third kappa shape index (κ3) is 1.61. The van der Waals surface area contributed by atoms with Gasteiger partial charge in [-0.1, -0.05) is 0 Å². The summed E-state index contributed by atoms with van der Waals surface area (Å²) < 4.78 is 12.8. The summed E-state index contributed by atoms with van der Waals surface area (Å²) in [5, 5.41) is 2.40. The van der Waals surface area contributed by atoms with Gasteiger partial charge in [-0.05, 0) is 30.7 Å². The van der Waals surface area contributed by atoms with Gasteiger partial charge in [-0.2, -0.15) is 0 Å². The van der Waals surface area contributed by atoms with Crippen LogP contribution in [-0.2, 0) is 0 Å². The molecule has 2 rings (SSSR count). The summed E-state index contributed by atoms with van der Waals surface area (Å²) in [7, 11) is 0. The van der Waals surface area contributed by atoms with Crippen LogP contribution < -0.4 is 5.73 Å². The largest absolute Gasteiger partial charge is 0.375 e. The zero-order valence-corrected chi connectivity index (χ0v) is 8.44. The molecular weight excluding hydrogens is 199 g/mol. The lowest BCUT2D eigenvalue weighted by Crippen LogP contribution is -1.86. The van der Waals surface area contributed by atoms with E-state index in [1.54, 1.807) is 6.07 Å². The van der Waals surface area contributed by atoms with E-state index in [2.05, 4.69) is 4.98 Å². The highest BCUT2D eigenvalue weighted by Gasteiger charge is 2.05. The van der Waals surface area contributed by atoms with Gasteiger partial charge in [-0.25, -0.2) is 9.37 Å². The minimum absolute atomic E-state index is 0.227. The van der Waals surface area contributed by atoms with Crippen molar-refractivity contribution in [1.82, 2.24) is 4.98 Å². The Morgan fingerprint density at radius 3 is 2.79 bits per heavy atom. The molecule has 2 nitrogen and oxygen atoms in total. The molecule has 0 atom stereocenters. The summed E-state index contributed by atoms with van der Waals surface area (Å²) in [6, 6.07) is 4.64. The average Bonchev–Trinajstić information content (AvgIpc) is 2.51. The number of rotatable bonds is 1. The van der Waals surface area contributed by atoms with Crippen LogP contribution in [0, 0.1) is 12.7 Å². The first kappa shape index (κ1) is 9.15. The molecule has 0 aliphatic carbocycles. The first-order valence-electron chi connectivity index (χ1n) is 4.14. The fourth-order valence-electron chi connectivity index (χ4n) is 1.33. The highest BCUT2D eigenvalue weighted by Crippen LogP contribution is 2.26. The third-order valence-electron chi connectivity index (χ3n) is 1.99. The molecule has 0 unspecified atom stereocenters. The van der Waals surface area contributed by atoms with Crippen molar-refractivity contribution in [2.45, 2.75) is 6.92 Å². The maximum Gasteiger partial charge on any atom is 0.180 e. The highest BCUT2D eigenvalue weighted by molar-refractivity contribution is 7.13. The van der Waals surface area contributed by atoms with E-state index in [4.69, 9.17) is 5.73 Å². The van der Waals surface area contributed by atoms with Crippen molar-refractivity contribution >= 4 is 16.5 Å². The van der Waals surface area contributed by atoms with E-state index in [0.29, 0.717) is 5.13 Å². The molecule has 0 fully saturated rings. The fourth-order valence-corrected chi connectivity index (χ4v) is 1.89. The predicted molar refractivity (Wildman–Crippen MR) is 56.7 cm³/mol. The van der Waals surface area contributed by atoms with Crippen molar-refractivity contribution in [3.63, 3.8) is 0 Å². The van der Waals surface area contributed by atoms with Crippen molar-refractivity contribution < 1.29 is 4.39 Å². The number of hydrogen-bond donors (Lipinski definition) is 1. The van der Waals surface area contributed by atoms with Gasteiger partial charge in [0.15, 0.2) is 5.13 Å². The minimum atomic E-state index is -0.227. The fraction of sp³-hybridized carbons (Fsp3) is 0.100. The van der Waals surface area contributed by atoms with Crippen LogP contribution in [0.5, 0.6) is 0 Å². The molecule has 4 heteroatoms. The Bertz CT molecular complexity index is 465. The number of nitrogens with two attached hydrogens (primary N) is 1. The van der Waals surface area contributed by atoms with E-state index in [-0.39, 0.29) is 5.82 Å². The molecule has 0 radical (unpaired) electrons. The second-order valence-corrected chi connectivity index (χ2v) is 3.92. The summed E-state index contributed by atoms with van der Waals surface area (Å²) in [5.74, 6) is -0.227. The Morgan fingerprint density at radius 1 is 1.43 bits per heavy atom. The molecule has 2 aromatic rings. The Hall–Kier alpha value is -1.42. The number of aromatic nitrogens is 1. The maximum absolute atomic E-state index is 12.8. The molecule has 0 aliphatic rings. The number of benzene rings is 1. The van der Waals surface area contributed by atoms with Gasteiger partial charge in [0.25, 0.3) is 0 Å². The molecule has 1 aromatic heterocycles. The van der Waals surface area contributed by atoms with Crippen LogP contribution >= 0.6 is 11.3 Å². The first-order valence-corrected chi connectivity index (χ1v) is 5.02. The van der Waals surface area contributed by atoms with Gasteiger partial charge in [0, 0.05) is 10.9 Å². The lowest BCUT2D eigenvalue weighted by molar-refractivity contribution is 0.627. The van der Waals surface area contributed by atoms with E-state index in [1.807, 2.05) is 12.3 Å². The van der Waals surface area contributed by atoms with Gasteiger partial charge < -0.3 is 5.73 Å². The smallest absolute Gasteiger partial charge is 0.180 e. The Labute approximate surface area is 85.2 Å². The molecule has 0 saturated carbocycles. The Balaban J connectivity index is 2.52. The number of nitrogen functional groups attached to an aromatic ring is 1. The zero-order chi connectivity index (χ0) is 10.1. The maximum atomic E-state index is 12.8. The quantitative estimate of drug-likeness (QED) is 0.782. The van der Waals surface area contributed by atoms with Gasteiger partial charge in [0.2, 0.25) is 0 Å². The predicted octanol–water partition coefficient (Wildman–Crippen LogP) is 2.84. The van der Waals surface area contributed by atoms with Crippen LogP contribution in [0.2, 0.25) is 0 Å². The number of hydrogen-bond acceptors (Lipinski definition) is 3. The molecule has 0 bridgehead atoms. The lowest BCUT2D eigenvalue weighted by Gasteiger charge is -2.01. The summed E-state index contributed by atoms with van der Waals surface area (Å²) in [6.45, 7) is 1.86. The Kier molecular flexibility index (Phi) is 2.21. The SMILES string of the molecule is Cc1cc(F)ccc1-c1csc(N)n1. The van der Waals surface area contributed by atoms with Crippen molar-refractivity contribution in [2.75, 3.05) is 5.73 Å². The van der Waals surface area contributed by atoms with E-state index in [1.165, 1.54) is 23.5 Å². The van der Waals surface area contributed by atoms with Crippen LogP contribution in [-0.4, -0.2) is 4.98 Å². The van der Waals surface area contributed by atoms with Gasteiger partial charge >= 0.3 is 0 Å². The van der Waals surface area contributed by atoms with Crippen molar-refractivity contribution in [2.24, 2.45) is 0 Å². The van der Waals surface area contributed by atoms with E-state index in [9.17, 15) is 4.39 Å². The van der Waals surface area contributed by atoms with Crippen molar-refractivity contribution in [1.29, 1.82) is 0 Å². The van der Waals surface area contributed by atoms with Crippen molar-refractivity contribution in [3.8, 4) is 11.3 Å². The lowest BCUT2D eigenvalue weighted by atomic mass is 10.1. The van der Waals surface area contributed by atoms with Gasteiger partial charge in [-0.15, -0.1) is 11.3 Å². The molecule has 0 amide bonds. The number of nitrogens with zero attached hydrogens (tertiary/aromatic N) is 1. The standard InChI is InChI=1S/C10H9FN2S/c1-6-4-7(11)2-3-8(6)9-5-14-10(12)13-9/h2-5H,1H3,(H2,12,13). The van der Waals surface area contributed by atoms with E-state index >= 15 is 0 Å². The molecule has 0 spiro atoms. The molecule has 0 aliphatic heterocycles. The second kappa shape index (κ2) is 3.38. The van der Waals surface area contributed by atoms with Crippen LogP contribution in [0.4, 0.5) is 9.52 Å². The molecule has 14 heavy (non-hydrogen) atoms. The Morgan fingerprint density at radius 2 is 2.21 bits per heavy atom. The number of aryl methyl sites for hydroxylation is 1.